The van der Waals surface area contributed by atoms with E-state index in [1.165, 1.54) is 18.7 Å². The first-order chi connectivity index (χ1) is 11.0. The lowest BCUT2D eigenvalue weighted by atomic mass is 9.79. The zero-order valence-corrected chi connectivity index (χ0v) is 14.4. The van der Waals surface area contributed by atoms with Crippen LogP contribution in [0.2, 0.25) is 0 Å². The van der Waals surface area contributed by atoms with Crippen molar-refractivity contribution in [2.24, 2.45) is 0 Å². The number of ether oxygens (including phenoxy) is 1. The number of hydrogen-bond donors (Lipinski definition) is 0. The van der Waals surface area contributed by atoms with Gasteiger partial charge in [-0.1, -0.05) is 48.2 Å². The van der Waals surface area contributed by atoms with Crippen LogP contribution in [-0.4, -0.2) is 18.4 Å². The van der Waals surface area contributed by atoms with Crippen molar-refractivity contribution in [3.8, 4) is 0 Å². The second-order valence-electron chi connectivity index (χ2n) is 5.31. The Morgan fingerprint density at radius 2 is 1.65 bits per heavy atom. The molecule has 0 aliphatic carbocycles. The molecule has 3 nitrogen and oxygen atoms in total. The summed E-state index contributed by atoms with van der Waals surface area (Å²) in [7, 11) is 0. The molecule has 0 spiro atoms. The van der Waals surface area contributed by atoms with Crippen LogP contribution < -0.4 is 0 Å². The van der Waals surface area contributed by atoms with Gasteiger partial charge in [0.25, 0.3) is 0 Å². The van der Waals surface area contributed by atoms with Gasteiger partial charge in [0.15, 0.2) is 5.78 Å². The number of benzene rings is 2. The normalized spacial score (nSPS) is 13.2. The van der Waals surface area contributed by atoms with Gasteiger partial charge in [0.05, 0.1) is 6.61 Å². The molecular formula is C19H20O3S. The highest BCUT2D eigenvalue weighted by Crippen LogP contribution is 2.38. The van der Waals surface area contributed by atoms with E-state index in [-0.39, 0.29) is 12.4 Å². The molecular weight excluding hydrogens is 308 g/mol. The van der Waals surface area contributed by atoms with Gasteiger partial charge in [0.2, 0.25) is 0 Å². The van der Waals surface area contributed by atoms with Gasteiger partial charge in [-0.3, -0.25) is 9.59 Å². The summed E-state index contributed by atoms with van der Waals surface area (Å²) in [5.74, 6) is -0.731. The smallest absolute Gasteiger partial charge is 0.323 e. The minimum atomic E-state index is -1.30. The van der Waals surface area contributed by atoms with E-state index in [0.29, 0.717) is 5.56 Å². The fourth-order valence-corrected chi connectivity index (χ4v) is 3.38. The molecule has 0 radical (unpaired) electrons. The van der Waals surface area contributed by atoms with Gasteiger partial charge in [-0.15, -0.1) is 0 Å². The Labute approximate surface area is 141 Å². The van der Waals surface area contributed by atoms with Crippen LogP contribution in [0.1, 0.15) is 26.3 Å². The van der Waals surface area contributed by atoms with Crippen molar-refractivity contribution in [2.75, 3.05) is 6.61 Å². The molecule has 4 heteroatoms. The molecule has 0 N–H and O–H groups in total. The molecule has 0 aliphatic heterocycles. The minimum Gasteiger partial charge on any atom is -0.465 e. The van der Waals surface area contributed by atoms with Crippen LogP contribution in [0.3, 0.4) is 0 Å². The topological polar surface area (TPSA) is 43.4 Å². The van der Waals surface area contributed by atoms with Crippen LogP contribution >= 0.6 is 11.8 Å². The lowest BCUT2D eigenvalue weighted by Crippen LogP contribution is -2.41. The average Bonchev–Trinajstić information content (AvgIpc) is 2.55. The number of carbonyl (C=O) groups is 2. The van der Waals surface area contributed by atoms with E-state index < -0.39 is 11.4 Å². The number of esters is 1. The fraction of sp³-hybridized carbons (Fsp3) is 0.263. The van der Waals surface area contributed by atoms with Crippen LogP contribution in [0.4, 0.5) is 0 Å². The first-order valence-electron chi connectivity index (χ1n) is 7.50. The van der Waals surface area contributed by atoms with Crippen molar-refractivity contribution < 1.29 is 14.3 Å². The summed E-state index contributed by atoms with van der Waals surface area (Å²) in [6.07, 6.45) is 0. The standard InChI is InChI=1S/C19H20O3S/c1-4-22-18(21)19(3,14(2)20)16-12-8-9-13-17(16)23-15-10-6-5-7-11-15/h5-13H,4H2,1-3H3. The fourth-order valence-electron chi connectivity index (χ4n) is 2.30. The largest absolute Gasteiger partial charge is 0.465 e. The average molecular weight is 328 g/mol. The molecule has 2 rings (SSSR count). The molecule has 2 aromatic rings. The Bertz CT molecular complexity index is 697. The van der Waals surface area contributed by atoms with Gasteiger partial charge in [-0.2, -0.15) is 0 Å². The van der Waals surface area contributed by atoms with Crippen LogP contribution in [0.15, 0.2) is 64.4 Å². The molecule has 1 atom stereocenters. The van der Waals surface area contributed by atoms with E-state index in [1.807, 2.05) is 54.6 Å². The van der Waals surface area contributed by atoms with E-state index in [0.717, 1.165) is 9.79 Å². The highest BCUT2D eigenvalue weighted by molar-refractivity contribution is 7.99. The van der Waals surface area contributed by atoms with Crippen LogP contribution in [0.25, 0.3) is 0 Å². The van der Waals surface area contributed by atoms with Crippen LogP contribution in [0, 0.1) is 0 Å². The zero-order chi connectivity index (χ0) is 16.9. The monoisotopic (exact) mass is 328 g/mol. The first kappa shape index (κ1) is 17.3. The third kappa shape index (κ3) is 3.64. The van der Waals surface area contributed by atoms with Crippen LogP contribution in [0.5, 0.6) is 0 Å². The van der Waals surface area contributed by atoms with Crippen molar-refractivity contribution >= 4 is 23.5 Å². The second kappa shape index (κ2) is 7.47. The van der Waals surface area contributed by atoms with Crippen molar-refractivity contribution in [3.63, 3.8) is 0 Å². The van der Waals surface area contributed by atoms with Gasteiger partial charge in [-0.25, -0.2) is 0 Å². The van der Waals surface area contributed by atoms with E-state index in [9.17, 15) is 9.59 Å². The van der Waals surface area contributed by atoms with Gasteiger partial charge in [0.1, 0.15) is 5.41 Å². The Kier molecular flexibility index (Phi) is 5.61. The molecule has 0 saturated carbocycles. The third-order valence-electron chi connectivity index (χ3n) is 3.78. The van der Waals surface area contributed by atoms with E-state index in [1.54, 1.807) is 13.8 Å². The van der Waals surface area contributed by atoms with Crippen molar-refractivity contribution in [1.29, 1.82) is 0 Å². The Hall–Kier alpha value is -2.07. The number of Topliss-reactive ketones (excluding diaryl/α,β-unsaturated/α-hetero) is 1. The maximum atomic E-state index is 12.5. The molecule has 0 aromatic heterocycles. The summed E-state index contributed by atoms with van der Waals surface area (Å²) in [5, 5.41) is 0. The molecule has 0 amide bonds. The number of rotatable bonds is 6. The van der Waals surface area contributed by atoms with Crippen molar-refractivity contribution in [3.05, 3.63) is 60.2 Å². The molecule has 120 valence electrons. The maximum Gasteiger partial charge on any atom is 0.323 e. The lowest BCUT2D eigenvalue weighted by Gasteiger charge is -2.27. The molecule has 0 heterocycles. The highest BCUT2D eigenvalue weighted by atomic mass is 32.2. The predicted octanol–water partition coefficient (Wildman–Crippen LogP) is 4.25. The third-order valence-corrected chi connectivity index (χ3v) is 4.87. The molecule has 0 fully saturated rings. The van der Waals surface area contributed by atoms with Crippen molar-refractivity contribution in [2.45, 2.75) is 36.0 Å². The maximum absolute atomic E-state index is 12.5. The molecule has 1 unspecified atom stereocenters. The quantitative estimate of drug-likeness (QED) is 0.587. The van der Waals surface area contributed by atoms with Gasteiger partial charge in [-0.05, 0) is 44.5 Å². The van der Waals surface area contributed by atoms with E-state index in [2.05, 4.69) is 0 Å². The van der Waals surface area contributed by atoms with Crippen molar-refractivity contribution in [1.82, 2.24) is 0 Å². The SMILES string of the molecule is CCOC(=O)C(C)(C(C)=O)c1ccccc1Sc1ccccc1. The van der Waals surface area contributed by atoms with Crippen LogP contribution in [-0.2, 0) is 19.7 Å². The summed E-state index contributed by atoms with van der Waals surface area (Å²) in [4.78, 5) is 26.7. The zero-order valence-electron chi connectivity index (χ0n) is 13.5. The molecule has 23 heavy (non-hydrogen) atoms. The first-order valence-corrected chi connectivity index (χ1v) is 8.32. The molecule has 2 aromatic carbocycles. The Balaban J connectivity index is 2.48. The minimum absolute atomic E-state index is 0.225. The Morgan fingerprint density at radius 3 is 2.26 bits per heavy atom. The highest BCUT2D eigenvalue weighted by Gasteiger charge is 2.43. The summed E-state index contributed by atoms with van der Waals surface area (Å²) in [6.45, 7) is 5.05. The van der Waals surface area contributed by atoms with Gasteiger partial charge in [0, 0.05) is 9.79 Å². The lowest BCUT2D eigenvalue weighted by molar-refractivity contribution is -0.153. The van der Waals surface area contributed by atoms with Gasteiger partial charge >= 0.3 is 5.97 Å². The van der Waals surface area contributed by atoms with Gasteiger partial charge < -0.3 is 4.74 Å². The summed E-state index contributed by atoms with van der Waals surface area (Å²) < 4.78 is 5.16. The molecule has 0 saturated heterocycles. The number of ketones is 1. The van der Waals surface area contributed by atoms with E-state index >= 15 is 0 Å². The molecule has 0 aliphatic rings. The number of hydrogen-bond acceptors (Lipinski definition) is 4. The summed E-state index contributed by atoms with van der Waals surface area (Å²) >= 11 is 1.53. The second-order valence-corrected chi connectivity index (χ2v) is 6.43. The van der Waals surface area contributed by atoms with E-state index in [4.69, 9.17) is 4.74 Å². The summed E-state index contributed by atoms with van der Waals surface area (Å²) in [6, 6.07) is 17.4. The summed E-state index contributed by atoms with van der Waals surface area (Å²) in [5.41, 5.74) is -0.617. The predicted molar refractivity (Wildman–Crippen MR) is 91.7 cm³/mol. The Morgan fingerprint density at radius 1 is 1.04 bits per heavy atom. The molecule has 0 bridgehead atoms. The number of carbonyl (C=O) groups excluding carboxylic acids is 2.